The quantitative estimate of drug-likeness (QED) is 0.770. The third-order valence-electron chi connectivity index (χ3n) is 4.53. The lowest BCUT2D eigenvalue weighted by Crippen LogP contribution is -2.38. The van der Waals surface area contributed by atoms with E-state index in [1.54, 1.807) is 0 Å². The molecule has 2 fully saturated rings. The van der Waals surface area contributed by atoms with Crippen LogP contribution in [-0.2, 0) is 9.53 Å². The summed E-state index contributed by atoms with van der Waals surface area (Å²) in [5, 5.41) is 3.70. The summed E-state index contributed by atoms with van der Waals surface area (Å²) in [6, 6.07) is 0.608. The molecule has 0 aromatic heterocycles. The van der Waals surface area contributed by atoms with Gasteiger partial charge in [0, 0.05) is 12.6 Å². The lowest BCUT2D eigenvalue weighted by molar-refractivity contribution is -0.149. The summed E-state index contributed by atoms with van der Waals surface area (Å²) in [6.45, 7) is 5.99. The number of ether oxygens (including phenoxy) is 1. The molecule has 0 aromatic carbocycles. The molecule has 0 bridgehead atoms. The highest BCUT2D eigenvalue weighted by Crippen LogP contribution is 2.25. The van der Waals surface area contributed by atoms with Gasteiger partial charge in [0.15, 0.2) is 0 Å². The molecule has 0 spiro atoms. The van der Waals surface area contributed by atoms with Crippen molar-refractivity contribution in [2.75, 3.05) is 33.3 Å². The molecule has 19 heavy (non-hydrogen) atoms. The number of carbonyl (C=O) groups excluding carboxylic acids is 1. The van der Waals surface area contributed by atoms with Gasteiger partial charge in [-0.3, -0.25) is 4.79 Å². The summed E-state index contributed by atoms with van der Waals surface area (Å²) in [4.78, 5) is 14.1. The molecule has 0 radical (unpaired) electrons. The fourth-order valence-electron chi connectivity index (χ4n) is 3.32. The van der Waals surface area contributed by atoms with E-state index in [0.29, 0.717) is 12.6 Å². The smallest absolute Gasteiger partial charge is 0.308 e. The van der Waals surface area contributed by atoms with Crippen LogP contribution in [-0.4, -0.2) is 50.2 Å². The Hall–Kier alpha value is -0.610. The van der Waals surface area contributed by atoms with Crippen molar-refractivity contribution in [1.29, 1.82) is 0 Å². The van der Waals surface area contributed by atoms with Gasteiger partial charge in [0.05, 0.1) is 12.5 Å². The Morgan fingerprint density at radius 3 is 2.58 bits per heavy atom. The molecule has 1 aliphatic heterocycles. The van der Waals surface area contributed by atoms with E-state index in [0.717, 1.165) is 38.1 Å². The van der Waals surface area contributed by atoms with Crippen LogP contribution in [0.15, 0.2) is 0 Å². The number of rotatable bonds is 5. The Morgan fingerprint density at radius 2 is 2.00 bits per heavy atom. The summed E-state index contributed by atoms with van der Waals surface area (Å²) < 4.78 is 5.10. The van der Waals surface area contributed by atoms with Crippen LogP contribution in [0.3, 0.4) is 0 Å². The largest absolute Gasteiger partial charge is 0.466 e. The van der Waals surface area contributed by atoms with Crippen molar-refractivity contribution in [3.8, 4) is 0 Å². The SMILES string of the molecule is CCOC(=O)C1CCC(NCC2CCN(C)C2)CC1. The topological polar surface area (TPSA) is 41.6 Å². The summed E-state index contributed by atoms with van der Waals surface area (Å²) in [7, 11) is 2.20. The fraction of sp³-hybridized carbons (Fsp3) is 0.933. The molecular weight excluding hydrogens is 240 g/mol. The molecule has 0 aromatic rings. The molecule has 1 saturated carbocycles. The number of esters is 1. The molecule has 1 N–H and O–H groups in total. The molecule has 4 nitrogen and oxygen atoms in total. The number of carbonyl (C=O) groups is 1. The normalized spacial score (nSPS) is 32.4. The van der Waals surface area contributed by atoms with Gasteiger partial charge in [-0.1, -0.05) is 0 Å². The number of nitrogens with one attached hydrogen (secondary N) is 1. The second-order valence-electron chi connectivity index (χ2n) is 6.13. The Bertz CT molecular complexity index is 288. The predicted molar refractivity (Wildman–Crippen MR) is 76.0 cm³/mol. The van der Waals surface area contributed by atoms with E-state index in [-0.39, 0.29) is 11.9 Å². The first-order valence-electron chi connectivity index (χ1n) is 7.77. The van der Waals surface area contributed by atoms with Gasteiger partial charge in [0.2, 0.25) is 0 Å². The maximum Gasteiger partial charge on any atom is 0.308 e. The first kappa shape index (κ1) is 14.8. The molecule has 110 valence electrons. The maximum atomic E-state index is 11.7. The van der Waals surface area contributed by atoms with Gasteiger partial charge in [-0.2, -0.15) is 0 Å². The number of nitrogens with zero attached hydrogens (tertiary/aromatic N) is 1. The minimum atomic E-state index is 0.0124. The Balaban J connectivity index is 1.62. The highest BCUT2D eigenvalue weighted by atomic mass is 16.5. The van der Waals surface area contributed by atoms with E-state index in [1.165, 1.54) is 19.5 Å². The third-order valence-corrected chi connectivity index (χ3v) is 4.53. The lowest BCUT2D eigenvalue weighted by Gasteiger charge is -2.28. The van der Waals surface area contributed by atoms with Crippen LogP contribution in [0, 0.1) is 11.8 Å². The van der Waals surface area contributed by atoms with Crippen LogP contribution in [0.25, 0.3) is 0 Å². The monoisotopic (exact) mass is 268 g/mol. The van der Waals surface area contributed by atoms with E-state index in [1.807, 2.05) is 6.92 Å². The molecule has 2 rings (SSSR count). The highest BCUT2D eigenvalue weighted by Gasteiger charge is 2.28. The number of likely N-dealkylation sites (tertiary alicyclic amines) is 1. The maximum absolute atomic E-state index is 11.7. The Labute approximate surface area is 116 Å². The molecule has 1 unspecified atom stereocenters. The predicted octanol–water partition coefficient (Wildman–Crippen LogP) is 1.65. The van der Waals surface area contributed by atoms with Crippen LogP contribution in [0.5, 0.6) is 0 Å². The third kappa shape index (κ3) is 4.46. The zero-order valence-corrected chi connectivity index (χ0v) is 12.4. The van der Waals surface area contributed by atoms with Gasteiger partial charge in [-0.15, -0.1) is 0 Å². The van der Waals surface area contributed by atoms with Crippen molar-refractivity contribution in [3.05, 3.63) is 0 Å². The van der Waals surface area contributed by atoms with Gasteiger partial charge < -0.3 is 15.0 Å². The van der Waals surface area contributed by atoms with E-state index in [4.69, 9.17) is 4.74 Å². The first-order valence-corrected chi connectivity index (χ1v) is 7.77. The molecule has 4 heteroatoms. The van der Waals surface area contributed by atoms with E-state index < -0.39 is 0 Å². The van der Waals surface area contributed by atoms with Crippen molar-refractivity contribution < 1.29 is 9.53 Å². The van der Waals surface area contributed by atoms with Crippen LogP contribution in [0.1, 0.15) is 39.0 Å². The molecule has 1 atom stereocenters. The highest BCUT2D eigenvalue weighted by molar-refractivity contribution is 5.72. The summed E-state index contributed by atoms with van der Waals surface area (Å²) in [6.07, 6.45) is 5.53. The van der Waals surface area contributed by atoms with Crippen LogP contribution in [0.4, 0.5) is 0 Å². The molecule has 1 heterocycles. The average Bonchev–Trinajstić information content (AvgIpc) is 2.83. The van der Waals surface area contributed by atoms with Crippen molar-refractivity contribution in [3.63, 3.8) is 0 Å². The zero-order valence-electron chi connectivity index (χ0n) is 12.4. The minimum Gasteiger partial charge on any atom is -0.466 e. The van der Waals surface area contributed by atoms with E-state index in [2.05, 4.69) is 17.3 Å². The van der Waals surface area contributed by atoms with Crippen LogP contribution < -0.4 is 5.32 Å². The molecule has 0 amide bonds. The van der Waals surface area contributed by atoms with Gasteiger partial charge >= 0.3 is 5.97 Å². The van der Waals surface area contributed by atoms with Gasteiger partial charge in [-0.05, 0) is 65.1 Å². The summed E-state index contributed by atoms with van der Waals surface area (Å²) in [5.41, 5.74) is 0. The van der Waals surface area contributed by atoms with Crippen molar-refractivity contribution in [2.24, 2.45) is 11.8 Å². The van der Waals surface area contributed by atoms with Crippen molar-refractivity contribution in [2.45, 2.75) is 45.1 Å². The van der Waals surface area contributed by atoms with Crippen molar-refractivity contribution >= 4 is 5.97 Å². The van der Waals surface area contributed by atoms with Crippen LogP contribution >= 0.6 is 0 Å². The van der Waals surface area contributed by atoms with Gasteiger partial charge in [-0.25, -0.2) is 0 Å². The number of hydrogen-bond acceptors (Lipinski definition) is 4. The molecular formula is C15H28N2O2. The Morgan fingerprint density at radius 1 is 1.26 bits per heavy atom. The summed E-state index contributed by atoms with van der Waals surface area (Å²) in [5.74, 6) is 0.974. The lowest BCUT2D eigenvalue weighted by atomic mass is 9.86. The summed E-state index contributed by atoms with van der Waals surface area (Å²) >= 11 is 0. The zero-order chi connectivity index (χ0) is 13.7. The number of hydrogen-bond donors (Lipinski definition) is 1. The second kappa shape index (κ2) is 7.25. The van der Waals surface area contributed by atoms with Crippen molar-refractivity contribution in [1.82, 2.24) is 10.2 Å². The van der Waals surface area contributed by atoms with Crippen LogP contribution in [0.2, 0.25) is 0 Å². The fourth-order valence-corrected chi connectivity index (χ4v) is 3.32. The first-order chi connectivity index (χ1) is 9.19. The minimum absolute atomic E-state index is 0.0124. The second-order valence-corrected chi connectivity index (χ2v) is 6.13. The van der Waals surface area contributed by atoms with E-state index >= 15 is 0 Å². The Kier molecular flexibility index (Phi) is 5.64. The molecule has 2 aliphatic rings. The van der Waals surface area contributed by atoms with Gasteiger partial charge in [0.25, 0.3) is 0 Å². The average molecular weight is 268 g/mol. The standard InChI is InChI=1S/C15H28N2O2/c1-3-19-15(18)13-4-6-14(7-5-13)16-10-12-8-9-17(2)11-12/h12-14,16H,3-11H2,1-2H3. The molecule has 1 saturated heterocycles. The molecule has 1 aliphatic carbocycles. The van der Waals surface area contributed by atoms with Gasteiger partial charge in [0.1, 0.15) is 0 Å². The van der Waals surface area contributed by atoms with E-state index in [9.17, 15) is 4.79 Å².